The first kappa shape index (κ1) is 25.1. The van der Waals surface area contributed by atoms with Crippen molar-refractivity contribution in [1.82, 2.24) is 15.5 Å². The highest BCUT2D eigenvalue weighted by atomic mass is 16.6. The Hall–Kier alpha value is -4.60. The second-order valence-corrected chi connectivity index (χ2v) is 9.48. The summed E-state index contributed by atoms with van der Waals surface area (Å²) >= 11 is 0. The van der Waals surface area contributed by atoms with Crippen molar-refractivity contribution in [1.29, 1.82) is 0 Å². The highest BCUT2D eigenvalue weighted by Crippen LogP contribution is 2.51. The number of nitrogens with one attached hydrogen (secondary N) is 3. The van der Waals surface area contributed by atoms with Crippen LogP contribution in [0, 0.1) is 0 Å². The van der Waals surface area contributed by atoms with E-state index in [1.54, 1.807) is 35.4 Å². The lowest BCUT2D eigenvalue weighted by Crippen LogP contribution is -2.35. The normalized spacial score (nSPS) is 20.4. The Morgan fingerprint density at radius 1 is 1.13 bits per heavy atom. The van der Waals surface area contributed by atoms with Crippen molar-refractivity contribution in [3.05, 3.63) is 89.4 Å². The molecule has 196 valence electrons. The summed E-state index contributed by atoms with van der Waals surface area (Å²) in [5, 5.41) is 7.44. The number of imide groups is 1. The molecule has 2 aromatic carbocycles. The Kier molecular flexibility index (Phi) is 6.62. The Morgan fingerprint density at radius 2 is 1.92 bits per heavy atom. The molecule has 1 aliphatic heterocycles. The summed E-state index contributed by atoms with van der Waals surface area (Å²) in [6.07, 6.45) is 0.921. The number of carbonyl (C=O) groups is 4. The number of ether oxygens (including phenoxy) is 1. The van der Waals surface area contributed by atoms with E-state index < -0.39 is 29.6 Å². The molecule has 1 fully saturated rings. The van der Waals surface area contributed by atoms with E-state index in [0.717, 1.165) is 5.56 Å². The number of fused-ring (bicyclic) bond motifs is 2. The van der Waals surface area contributed by atoms with E-state index in [0.29, 0.717) is 29.1 Å². The summed E-state index contributed by atoms with van der Waals surface area (Å²) in [5.74, 6) is -0.502. The van der Waals surface area contributed by atoms with E-state index in [-0.39, 0.29) is 24.8 Å². The fourth-order valence-corrected chi connectivity index (χ4v) is 5.26. The van der Waals surface area contributed by atoms with Gasteiger partial charge in [-0.15, -0.1) is 0 Å². The average molecular weight is 517 g/mol. The van der Waals surface area contributed by atoms with Gasteiger partial charge < -0.3 is 24.7 Å². The molecule has 5 rings (SSSR count). The third-order valence-corrected chi connectivity index (χ3v) is 7.15. The first-order chi connectivity index (χ1) is 18.3. The topological polar surface area (TPSA) is 130 Å². The number of nitrogens with zero attached hydrogens (tertiary/aromatic N) is 1. The van der Waals surface area contributed by atoms with Crippen molar-refractivity contribution < 1.29 is 28.3 Å². The largest absolute Gasteiger partial charge is 0.467 e. The van der Waals surface area contributed by atoms with Gasteiger partial charge in [-0.25, -0.2) is 9.59 Å². The molecule has 3 atom stereocenters. The van der Waals surface area contributed by atoms with Gasteiger partial charge in [0, 0.05) is 37.7 Å². The average Bonchev–Trinajstić information content (AvgIpc) is 3.62. The van der Waals surface area contributed by atoms with Gasteiger partial charge in [0.1, 0.15) is 5.76 Å². The van der Waals surface area contributed by atoms with Crippen molar-refractivity contribution >= 4 is 29.6 Å². The maximum atomic E-state index is 13.9. The number of benzene rings is 2. The lowest BCUT2D eigenvalue weighted by Gasteiger charge is -2.29. The number of rotatable bonds is 7. The summed E-state index contributed by atoms with van der Waals surface area (Å²) < 4.78 is 11.1. The summed E-state index contributed by atoms with van der Waals surface area (Å²) in [7, 11) is 1.50. The van der Waals surface area contributed by atoms with Gasteiger partial charge >= 0.3 is 12.1 Å². The van der Waals surface area contributed by atoms with E-state index in [1.807, 2.05) is 43.3 Å². The van der Waals surface area contributed by atoms with Crippen molar-refractivity contribution in [2.24, 2.45) is 0 Å². The van der Waals surface area contributed by atoms with Crippen LogP contribution in [0.3, 0.4) is 0 Å². The molecule has 2 aliphatic rings. The molecule has 0 bridgehead atoms. The molecule has 3 aromatic rings. The Balaban J connectivity index is 1.47. The van der Waals surface area contributed by atoms with Crippen LogP contribution < -0.4 is 16.0 Å². The number of carbonyl (C=O) groups excluding carboxylic acids is 4. The Labute approximate surface area is 219 Å². The zero-order valence-electron chi connectivity index (χ0n) is 21.0. The number of amides is 5. The van der Waals surface area contributed by atoms with Crippen LogP contribution in [0.25, 0.3) is 0 Å². The van der Waals surface area contributed by atoms with E-state index >= 15 is 0 Å². The van der Waals surface area contributed by atoms with Gasteiger partial charge in [0.05, 0.1) is 12.3 Å². The van der Waals surface area contributed by atoms with Crippen molar-refractivity contribution in [3.63, 3.8) is 0 Å². The van der Waals surface area contributed by atoms with E-state index in [4.69, 9.17) is 9.15 Å². The summed E-state index contributed by atoms with van der Waals surface area (Å²) in [6, 6.07) is 17.5. The molecule has 0 saturated carbocycles. The first-order valence-corrected chi connectivity index (χ1v) is 12.3. The molecule has 0 radical (unpaired) electrons. The molecule has 5 amide bonds. The number of urea groups is 1. The Bertz CT molecular complexity index is 1370. The quantitative estimate of drug-likeness (QED) is 0.432. The maximum Gasteiger partial charge on any atom is 0.415 e. The van der Waals surface area contributed by atoms with Crippen molar-refractivity contribution in [3.8, 4) is 0 Å². The molecule has 2 unspecified atom stereocenters. The summed E-state index contributed by atoms with van der Waals surface area (Å²) in [5.41, 5.74) is 1.12. The van der Waals surface area contributed by atoms with Gasteiger partial charge in [-0.3, -0.25) is 14.9 Å². The minimum Gasteiger partial charge on any atom is -0.467 e. The molecule has 1 saturated heterocycles. The predicted molar refractivity (Wildman–Crippen MR) is 137 cm³/mol. The monoisotopic (exact) mass is 516 g/mol. The molecule has 10 nitrogen and oxygen atoms in total. The van der Waals surface area contributed by atoms with Gasteiger partial charge in [-0.2, -0.15) is 0 Å². The van der Waals surface area contributed by atoms with E-state index in [1.165, 1.54) is 7.05 Å². The van der Waals surface area contributed by atoms with Crippen LogP contribution in [0.4, 0.5) is 15.3 Å². The van der Waals surface area contributed by atoms with Crippen LogP contribution in [-0.2, 0) is 26.5 Å². The number of hydrogen-bond acceptors (Lipinski definition) is 6. The molecule has 1 spiro atoms. The molecule has 2 heterocycles. The predicted octanol–water partition coefficient (Wildman–Crippen LogP) is 4.16. The van der Waals surface area contributed by atoms with Crippen LogP contribution in [0.5, 0.6) is 0 Å². The molecule has 1 aromatic heterocycles. The smallest absolute Gasteiger partial charge is 0.415 e. The third kappa shape index (κ3) is 4.60. The van der Waals surface area contributed by atoms with Crippen LogP contribution in [-0.4, -0.2) is 35.9 Å². The molecular weight excluding hydrogens is 488 g/mol. The van der Waals surface area contributed by atoms with Crippen LogP contribution in [0.15, 0.2) is 71.3 Å². The zero-order chi connectivity index (χ0) is 26.9. The third-order valence-electron chi connectivity index (χ3n) is 7.15. The van der Waals surface area contributed by atoms with Crippen LogP contribution in [0.2, 0.25) is 0 Å². The fourth-order valence-electron chi connectivity index (χ4n) is 5.26. The van der Waals surface area contributed by atoms with Crippen molar-refractivity contribution in [2.75, 3.05) is 12.4 Å². The second kappa shape index (κ2) is 10.0. The van der Waals surface area contributed by atoms with E-state index in [2.05, 4.69) is 16.0 Å². The van der Waals surface area contributed by atoms with Crippen molar-refractivity contribution in [2.45, 2.75) is 43.9 Å². The molecule has 38 heavy (non-hydrogen) atoms. The second-order valence-electron chi connectivity index (χ2n) is 9.48. The minimum absolute atomic E-state index is 0.0564. The zero-order valence-corrected chi connectivity index (χ0v) is 21.0. The van der Waals surface area contributed by atoms with Gasteiger partial charge in [0.2, 0.25) is 11.5 Å². The molecule has 10 heteroatoms. The standard InChI is InChI=1S/C28H28N4O6/c1-17(23-9-6-12-37-23)32(16-18-7-4-3-5-8-18)24(33)13-19-15-28(25(34)31-27(36)38-28)22-11-10-20(14-21(19)22)30-26(35)29-2/h3-12,14,17,19H,13,15-16H2,1-2H3,(H2,29,30,35)(H,31,34,36)/t17?,19?,28-/m1/s1. The number of alkyl carbamates (subject to hydrolysis) is 1. The molecule has 3 N–H and O–H groups in total. The van der Waals surface area contributed by atoms with Crippen LogP contribution >= 0.6 is 0 Å². The van der Waals surface area contributed by atoms with Gasteiger partial charge in [0.25, 0.3) is 5.91 Å². The van der Waals surface area contributed by atoms with Gasteiger partial charge in [0.15, 0.2) is 0 Å². The highest BCUT2D eigenvalue weighted by molar-refractivity contribution is 6.04. The highest BCUT2D eigenvalue weighted by Gasteiger charge is 2.57. The summed E-state index contributed by atoms with van der Waals surface area (Å²) in [4.78, 5) is 52.5. The lowest BCUT2D eigenvalue weighted by atomic mass is 9.93. The SMILES string of the molecule is CNC(=O)Nc1ccc2c(c1)C(CC(=O)N(Cc1ccccc1)C(C)c1ccco1)C[C@@]21OC(=O)NC1=O. The maximum absolute atomic E-state index is 13.9. The molecular formula is C28H28N4O6. The van der Waals surface area contributed by atoms with Crippen LogP contribution in [0.1, 0.15) is 54.2 Å². The number of furan rings is 1. The lowest BCUT2D eigenvalue weighted by molar-refractivity contribution is -0.136. The Morgan fingerprint density at radius 3 is 2.58 bits per heavy atom. The van der Waals surface area contributed by atoms with Gasteiger partial charge in [-0.05, 0) is 48.2 Å². The van der Waals surface area contributed by atoms with E-state index in [9.17, 15) is 19.2 Å². The van der Waals surface area contributed by atoms with Gasteiger partial charge in [-0.1, -0.05) is 36.4 Å². The number of hydrogen-bond donors (Lipinski definition) is 3. The number of anilines is 1. The first-order valence-electron chi connectivity index (χ1n) is 12.3. The fraction of sp³-hybridized carbons (Fsp3) is 0.286. The molecule has 1 aliphatic carbocycles. The summed E-state index contributed by atoms with van der Waals surface area (Å²) in [6.45, 7) is 2.27. The minimum atomic E-state index is -1.51.